The van der Waals surface area contributed by atoms with E-state index >= 15 is 0 Å². The molecule has 0 aliphatic heterocycles. The van der Waals surface area contributed by atoms with E-state index in [0.717, 1.165) is 0 Å². The zero-order chi connectivity index (χ0) is 14.7. The smallest absolute Gasteiger partial charge is 0.264 e. The Balaban J connectivity index is 0.000000555. The molecule has 0 spiro atoms. The number of unbranched alkanes of at least 4 members (excludes halogenated alkanes) is 2. The molecule has 110 valence electrons. The van der Waals surface area contributed by atoms with E-state index in [2.05, 4.69) is 31.0 Å². The molecule has 0 bridgehead atoms. The lowest BCUT2D eigenvalue weighted by Crippen LogP contribution is -1.99. The summed E-state index contributed by atoms with van der Waals surface area (Å²) < 4.78 is 31.6. The van der Waals surface area contributed by atoms with Crippen molar-refractivity contribution in [3.8, 4) is 0 Å². The summed E-state index contributed by atoms with van der Waals surface area (Å²) in [5.74, 6) is 0.669. The second-order valence-electron chi connectivity index (χ2n) is 4.30. The molecule has 1 aromatic rings. The average Bonchev–Trinajstić information content (AvgIpc) is 2.34. The van der Waals surface area contributed by atoms with Crippen LogP contribution in [0.15, 0.2) is 24.4 Å². The van der Waals surface area contributed by atoms with Gasteiger partial charge in [-0.25, -0.2) is 0 Å². The van der Waals surface area contributed by atoms with Gasteiger partial charge in [0.1, 0.15) is 0 Å². The normalized spacial score (nSPS) is 12.4. The summed E-state index contributed by atoms with van der Waals surface area (Å²) in [7, 11) is -4.67. The molecule has 0 amide bonds. The first-order chi connectivity index (χ1) is 8.88. The first-order valence-electron chi connectivity index (χ1n) is 6.49. The van der Waals surface area contributed by atoms with E-state index in [4.69, 9.17) is 17.5 Å². The van der Waals surface area contributed by atoms with Crippen molar-refractivity contribution in [3.05, 3.63) is 30.1 Å². The van der Waals surface area contributed by atoms with Crippen LogP contribution in [-0.2, 0) is 10.4 Å². The molecule has 0 saturated carbocycles. The van der Waals surface area contributed by atoms with E-state index < -0.39 is 10.4 Å². The van der Waals surface area contributed by atoms with Crippen molar-refractivity contribution in [3.63, 3.8) is 0 Å². The van der Waals surface area contributed by atoms with E-state index in [1.807, 2.05) is 12.3 Å². The molecule has 0 radical (unpaired) electrons. The summed E-state index contributed by atoms with van der Waals surface area (Å²) in [5, 5.41) is 0. The molecule has 1 unspecified atom stereocenters. The van der Waals surface area contributed by atoms with E-state index in [-0.39, 0.29) is 0 Å². The Labute approximate surface area is 115 Å². The highest BCUT2D eigenvalue weighted by Gasteiger charge is 2.08. The van der Waals surface area contributed by atoms with Crippen LogP contribution in [0.3, 0.4) is 0 Å². The fourth-order valence-electron chi connectivity index (χ4n) is 1.82. The zero-order valence-corrected chi connectivity index (χ0v) is 12.3. The Hall–Kier alpha value is -0.980. The molecule has 19 heavy (non-hydrogen) atoms. The van der Waals surface area contributed by atoms with E-state index in [0.29, 0.717) is 5.92 Å². The van der Waals surface area contributed by atoms with E-state index in [9.17, 15) is 0 Å². The predicted molar refractivity (Wildman–Crippen MR) is 75.6 cm³/mol. The Morgan fingerprint density at radius 3 is 2.26 bits per heavy atom. The minimum Gasteiger partial charge on any atom is -0.264 e. The molecule has 6 heteroatoms. The molecular weight excluding hydrogens is 266 g/mol. The highest BCUT2D eigenvalue weighted by molar-refractivity contribution is 7.79. The third-order valence-corrected chi connectivity index (χ3v) is 2.75. The quantitative estimate of drug-likeness (QED) is 0.618. The molecule has 2 N–H and O–H groups in total. The Morgan fingerprint density at radius 2 is 1.84 bits per heavy atom. The minimum atomic E-state index is -4.67. The number of hydrogen-bond acceptors (Lipinski definition) is 3. The number of pyridine rings is 1. The van der Waals surface area contributed by atoms with Crippen LogP contribution >= 0.6 is 0 Å². The first kappa shape index (κ1) is 18.0. The Bertz CT molecular complexity index is 412. The molecule has 0 aliphatic rings. The Kier molecular flexibility index (Phi) is 9.38. The molecule has 0 aliphatic carbocycles. The van der Waals surface area contributed by atoms with E-state index in [1.54, 1.807) is 0 Å². The van der Waals surface area contributed by atoms with Gasteiger partial charge in [-0.15, -0.1) is 0 Å². The topological polar surface area (TPSA) is 87.5 Å². The fourth-order valence-corrected chi connectivity index (χ4v) is 1.82. The molecule has 1 aromatic heterocycles. The minimum absolute atomic E-state index is 0.669. The van der Waals surface area contributed by atoms with Gasteiger partial charge in [0, 0.05) is 17.8 Å². The highest BCUT2D eigenvalue weighted by atomic mass is 32.3. The SMILES string of the molecule is CCCCCC(CC)c1ccccn1.O=S(=O)(O)O. The van der Waals surface area contributed by atoms with Crippen molar-refractivity contribution in [2.24, 2.45) is 0 Å². The van der Waals surface area contributed by atoms with Gasteiger partial charge in [0.05, 0.1) is 0 Å². The van der Waals surface area contributed by atoms with Gasteiger partial charge < -0.3 is 0 Å². The van der Waals surface area contributed by atoms with Crippen molar-refractivity contribution < 1.29 is 17.5 Å². The van der Waals surface area contributed by atoms with Crippen LogP contribution < -0.4 is 0 Å². The third-order valence-electron chi connectivity index (χ3n) is 2.75. The second-order valence-corrected chi connectivity index (χ2v) is 5.20. The summed E-state index contributed by atoms with van der Waals surface area (Å²) in [4.78, 5) is 4.43. The first-order valence-corrected chi connectivity index (χ1v) is 7.89. The predicted octanol–water partition coefficient (Wildman–Crippen LogP) is 3.50. The summed E-state index contributed by atoms with van der Waals surface area (Å²) >= 11 is 0. The average molecular weight is 289 g/mol. The number of hydrogen-bond donors (Lipinski definition) is 2. The fraction of sp³-hybridized carbons (Fsp3) is 0.615. The van der Waals surface area contributed by atoms with Crippen LogP contribution in [0.2, 0.25) is 0 Å². The molecule has 1 rings (SSSR count). The lowest BCUT2D eigenvalue weighted by atomic mass is 9.95. The highest BCUT2D eigenvalue weighted by Crippen LogP contribution is 2.23. The van der Waals surface area contributed by atoms with Crippen molar-refractivity contribution >= 4 is 10.4 Å². The zero-order valence-electron chi connectivity index (χ0n) is 11.5. The van der Waals surface area contributed by atoms with Gasteiger partial charge >= 0.3 is 10.4 Å². The number of rotatable bonds is 6. The van der Waals surface area contributed by atoms with Crippen molar-refractivity contribution in [2.45, 2.75) is 51.9 Å². The van der Waals surface area contributed by atoms with Gasteiger partial charge in [-0.1, -0.05) is 39.2 Å². The van der Waals surface area contributed by atoms with Crippen LogP contribution in [0.1, 0.15) is 57.6 Å². The Morgan fingerprint density at radius 1 is 1.21 bits per heavy atom. The molecule has 0 aromatic carbocycles. The maximum Gasteiger partial charge on any atom is 0.394 e. The maximum absolute atomic E-state index is 8.74. The molecule has 0 fully saturated rings. The van der Waals surface area contributed by atoms with Gasteiger partial charge in [0.2, 0.25) is 0 Å². The van der Waals surface area contributed by atoms with Crippen LogP contribution in [0.25, 0.3) is 0 Å². The molecule has 0 saturated heterocycles. The van der Waals surface area contributed by atoms with Gasteiger partial charge in [0.25, 0.3) is 0 Å². The van der Waals surface area contributed by atoms with E-state index in [1.165, 1.54) is 37.8 Å². The number of nitrogens with zero attached hydrogens (tertiary/aromatic N) is 1. The monoisotopic (exact) mass is 289 g/mol. The largest absolute Gasteiger partial charge is 0.394 e. The lowest BCUT2D eigenvalue weighted by Gasteiger charge is -2.13. The van der Waals surface area contributed by atoms with Gasteiger partial charge in [-0.3, -0.25) is 14.1 Å². The molecule has 1 atom stereocenters. The third kappa shape index (κ3) is 11.8. The molecule has 1 heterocycles. The number of aromatic nitrogens is 1. The van der Waals surface area contributed by atoms with Crippen molar-refractivity contribution in [1.29, 1.82) is 0 Å². The second kappa shape index (κ2) is 9.89. The summed E-state index contributed by atoms with van der Waals surface area (Å²) in [6, 6.07) is 6.23. The standard InChI is InChI=1S/C13H21N.H2O4S/c1-3-5-6-9-12(4-2)13-10-7-8-11-14-13;1-5(2,3)4/h7-8,10-12H,3-6,9H2,1-2H3;(H2,1,2,3,4). The van der Waals surface area contributed by atoms with Crippen LogP contribution in [0.5, 0.6) is 0 Å². The van der Waals surface area contributed by atoms with Crippen molar-refractivity contribution in [2.75, 3.05) is 0 Å². The van der Waals surface area contributed by atoms with Crippen LogP contribution in [-0.4, -0.2) is 22.5 Å². The molecular formula is C13H23NO4S. The van der Waals surface area contributed by atoms with Crippen LogP contribution in [0, 0.1) is 0 Å². The summed E-state index contributed by atoms with van der Waals surface area (Å²) in [6.45, 7) is 4.51. The maximum atomic E-state index is 8.74. The van der Waals surface area contributed by atoms with Gasteiger partial charge in [-0.05, 0) is 25.0 Å². The summed E-state index contributed by atoms with van der Waals surface area (Å²) in [6.07, 6.45) is 8.40. The summed E-state index contributed by atoms with van der Waals surface area (Å²) in [5.41, 5.74) is 1.27. The molecule has 5 nitrogen and oxygen atoms in total. The van der Waals surface area contributed by atoms with Gasteiger partial charge in [-0.2, -0.15) is 8.42 Å². The van der Waals surface area contributed by atoms with Crippen molar-refractivity contribution in [1.82, 2.24) is 4.98 Å². The van der Waals surface area contributed by atoms with Gasteiger partial charge in [0.15, 0.2) is 0 Å². The lowest BCUT2D eigenvalue weighted by molar-refractivity contribution is 0.381. The van der Waals surface area contributed by atoms with Crippen LogP contribution in [0.4, 0.5) is 0 Å².